The van der Waals surface area contributed by atoms with E-state index >= 15 is 0 Å². The van der Waals surface area contributed by atoms with Gasteiger partial charge in [0.1, 0.15) is 5.82 Å². The lowest BCUT2D eigenvalue weighted by Crippen LogP contribution is -2.28. The molecule has 1 aliphatic heterocycles. The lowest BCUT2D eigenvalue weighted by atomic mass is 10.1. The molecule has 25 heavy (non-hydrogen) atoms. The number of halogens is 4. The third-order valence-corrected chi connectivity index (χ3v) is 4.31. The molecule has 1 heterocycles. The Kier molecular flexibility index (Phi) is 4.38. The molecule has 1 aliphatic rings. The van der Waals surface area contributed by atoms with Gasteiger partial charge in [-0.15, -0.1) is 0 Å². The molecule has 1 amide bonds. The second-order valence-electron chi connectivity index (χ2n) is 5.16. The van der Waals surface area contributed by atoms with Crippen molar-refractivity contribution in [2.24, 2.45) is 0 Å². The zero-order chi connectivity index (χ0) is 18.2. The smallest absolute Gasteiger partial charge is 0.278 e. The predicted molar refractivity (Wildman–Crippen MR) is 88.6 cm³/mol. The summed E-state index contributed by atoms with van der Waals surface area (Å²) in [6, 6.07) is 9.64. The number of hydrogen-bond donors (Lipinski definition) is 1. The van der Waals surface area contributed by atoms with Crippen molar-refractivity contribution in [3.8, 4) is 0 Å². The van der Waals surface area contributed by atoms with E-state index in [4.69, 9.17) is 5.41 Å². The van der Waals surface area contributed by atoms with Crippen molar-refractivity contribution in [1.29, 1.82) is 5.41 Å². The SMILES string of the molecule is N=C1S/C(=C\c2ccc(F)cc2)C(=O)N1c1cccc(C(F)(F)F)c1. The van der Waals surface area contributed by atoms with Crippen molar-refractivity contribution < 1.29 is 22.4 Å². The Morgan fingerprint density at radius 1 is 1.08 bits per heavy atom. The number of carbonyl (C=O) groups excluding carboxylic acids is 1. The lowest BCUT2D eigenvalue weighted by molar-refractivity contribution is -0.137. The summed E-state index contributed by atoms with van der Waals surface area (Å²) in [7, 11) is 0. The average molecular weight is 366 g/mol. The summed E-state index contributed by atoms with van der Waals surface area (Å²) >= 11 is 0.835. The molecule has 0 aromatic heterocycles. The number of thioether (sulfide) groups is 1. The van der Waals surface area contributed by atoms with E-state index in [1.165, 1.54) is 42.5 Å². The van der Waals surface area contributed by atoms with Gasteiger partial charge in [0.15, 0.2) is 5.17 Å². The number of hydrogen-bond acceptors (Lipinski definition) is 3. The summed E-state index contributed by atoms with van der Waals surface area (Å²) in [6.07, 6.45) is -3.07. The van der Waals surface area contributed by atoms with Crippen LogP contribution in [-0.2, 0) is 11.0 Å². The number of carbonyl (C=O) groups is 1. The van der Waals surface area contributed by atoms with Crippen LogP contribution in [-0.4, -0.2) is 11.1 Å². The summed E-state index contributed by atoms with van der Waals surface area (Å²) in [5, 5.41) is 7.72. The number of amidine groups is 1. The van der Waals surface area contributed by atoms with E-state index < -0.39 is 23.5 Å². The molecular formula is C17H10F4N2OS. The van der Waals surface area contributed by atoms with Gasteiger partial charge in [0.05, 0.1) is 16.2 Å². The molecule has 1 fully saturated rings. The number of anilines is 1. The Morgan fingerprint density at radius 3 is 2.40 bits per heavy atom. The molecule has 0 atom stereocenters. The van der Waals surface area contributed by atoms with Crippen LogP contribution in [0.3, 0.4) is 0 Å². The van der Waals surface area contributed by atoms with Gasteiger partial charge in [-0.3, -0.25) is 15.1 Å². The van der Waals surface area contributed by atoms with Gasteiger partial charge in [-0.1, -0.05) is 18.2 Å². The van der Waals surface area contributed by atoms with Gasteiger partial charge in [-0.05, 0) is 53.7 Å². The van der Waals surface area contributed by atoms with Crippen LogP contribution in [0.15, 0.2) is 53.4 Å². The third kappa shape index (κ3) is 3.58. The van der Waals surface area contributed by atoms with Gasteiger partial charge in [-0.25, -0.2) is 4.39 Å². The molecule has 1 N–H and O–H groups in total. The van der Waals surface area contributed by atoms with Gasteiger partial charge in [-0.2, -0.15) is 13.2 Å². The minimum absolute atomic E-state index is 0.0279. The molecule has 2 aromatic rings. The molecule has 128 valence electrons. The zero-order valence-electron chi connectivity index (χ0n) is 12.5. The average Bonchev–Trinajstić information content (AvgIpc) is 2.83. The second-order valence-corrected chi connectivity index (χ2v) is 6.19. The number of nitrogens with one attached hydrogen (secondary N) is 1. The maximum atomic E-state index is 12.9. The van der Waals surface area contributed by atoms with E-state index in [9.17, 15) is 22.4 Å². The van der Waals surface area contributed by atoms with Crippen LogP contribution in [0.4, 0.5) is 23.2 Å². The Bertz CT molecular complexity index is 875. The molecular weight excluding hydrogens is 356 g/mol. The molecule has 8 heteroatoms. The first-order chi connectivity index (χ1) is 11.8. The standard InChI is InChI=1S/C17H10F4N2OS/c18-12-6-4-10(5-7-12)8-14-15(24)23(16(22)25-14)13-3-1-2-11(9-13)17(19,20)21/h1-9,22H/b14-8-,22-16?. The molecule has 2 aromatic carbocycles. The number of rotatable bonds is 2. The number of amides is 1. The Hall–Kier alpha value is -2.61. The molecule has 0 radical (unpaired) electrons. The van der Waals surface area contributed by atoms with Gasteiger partial charge in [0, 0.05) is 0 Å². The van der Waals surface area contributed by atoms with Crippen LogP contribution in [0.2, 0.25) is 0 Å². The van der Waals surface area contributed by atoms with E-state index in [2.05, 4.69) is 0 Å². The van der Waals surface area contributed by atoms with Crippen LogP contribution in [0.1, 0.15) is 11.1 Å². The number of alkyl halides is 3. The quantitative estimate of drug-likeness (QED) is 0.607. The van der Waals surface area contributed by atoms with Crippen LogP contribution in [0.25, 0.3) is 6.08 Å². The first-order valence-corrected chi connectivity index (χ1v) is 7.83. The largest absolute Gasteiger partial charge is 0.416 e. The predicted octanol–water partition coefficient (Wildman–Crippen LogP) is 4.90. The molecule has 0 spiro atoms. The van der Waals surface area contributed by atoms with Crippen molar-refractivity contribution in [2.75, 3.05) is 4.90 Å². The Morgan fingerprint density at radius 2 is 1.76 bits per heavy atom. The highest BCUT2D eigenvalue weighted by Gasteiger charge is 2.36. The fraction of sp³-hybridized carbons (Fsp3) is 0.0588. The summed E-state index contributed by atoms with van der Waals surface area (Å²) in [5.41, 5.74) is -0.373. The van der Waals surface area contributed by atoms with Crippen molar-refractivity contribution >= 4 is 34.6 Å². The van der Waals surface area contributed by atoms with Crippen molar-refractivity contribution in [1.82, 2.24) is 0 Å². The molecule has 0 bridgehead atoms. The van der Waals surface area contributed by atoms with E-state index in [1.54, 1.807) is 0 Å². The topological polar surface area (TPSA) is 44.2 Å². The Balaban J connectivity index is 1.93. The summed E-state index contributed by atoms with van der Waals surface area (Å²) in [4.78, 5) is 13.6. The lowest BCUT2D eigenvalue weighted by Gasteiger charge is -2.16. The third-order valence-electron chi connectivity index (χ3n) is 3.42. The van der Waals surface area contributed by atoms with Crippen molar-refractivity contribution in [3.05, 3.63) is 70.4 Å². The molecule has 0 saturated carbocycles. The van der Waals surface area contributed by atoms with Crippen LogP contribution < -0.4 is 4.90 Å². The Labute approximate surface area is 144 Å². The van der Waals surface area contributed by atoms with Gasteiger partial charge in [0.25, 0.3) is 5.91 Å². The maximum Gasteiger partial charge on any atom is 0.416 e. The van der Waals surface area contributed by atoms with Gasteiger partial charge in [0.2, 0.25) is 0 Å². The highest BCUT2D eigenvalue weighted by Crippen LogP contribution is 2.37. The van der Waals surface area contributed by atoms with E-state index in [0.717, 1.165) is 28.8 Å². The first kappa shape index (κ1) is 17.2. The summed E-state index contributed by atoms with van der Waals surface area (Å²) in [6.45, 7) is 0. The fourth-order valence-electron chi connectivity index (χ4n) is 2.25. The minimum Gasteiger partial charge on any atom is -0.278 e. The van der Waals surface area contributed by atoms with Crippen molar-refractivity contribution in [3.63, 3.8) is 0 Å². The molecule has 3 rings (SSSR count). The van der Waals surface area contributed by atoms with Gasteiger partial charge >= 0.3 is 6.18 Å². The van der Waals surface area contributed by atoms with Crippen molar-refractivity contribution in [2.45, 2.75) is 6.18 Å². The monoisotopic (exact) mass is 366 g/mol. The second kappa shape index (κ2) is 6.36. The van der Waals surface area contributed by atoms with Crippen LogP contribution in [0, 0.1) is 11.2 Å². The van der Waals surface area contributed by atoms with E-state index in [-0.39, 0.29) is 15.8 Å². The molecule has 3 nitrogen and oxygen atoms in total. The van der Waals surface area contributed by atoms with Gasteiger partial charge < -0.3 is 0 Å². The van der Waals surface area contributed by atoms with E-state index in [1.807, 2.05) is 0 Å². The number of benzene rings is 2. The highest BCUT2D eigenvalue weighted by molar-refractivity contribution is 8.19. The zero-order valence-corrected chi connectivity index (χ0v) is 13.3. The van der Waals surface area contributed by atoms with Crippen LogP contribution in [0.5, 0.6) is 0 Å². The molecule has 1 saturated heterocycles. The van der Waals surface area contributed by atoms with E-state index in [0.29, 0.717) is 5.56 Å². The minimum atomic E-state index is -4.54. The normalized spacial score (nSPS) is 16.8. The molecule has 0 aliphatic carbocycles. The maximum absolute atomic E-state index is 12.9. The van der Waals surface area contributed by atoms with Crippen LogP contribution >= 0.6 is 11.8 Å². The highest BCUT2D eigenvalue weighted by atomic mass is 32.2. The fourth-order valence-corrected chi connectivity index (χ4v) is 3.11. The molecule has 0 unspecified atom stereocenters. The summed E-state index contributed by atoms with van der Waals surface area (Å²) in [5.74, 6) is -1.02. The number of nitrogens with zero attached hydrogens (tertiary/aromatic N) is 1. The summed E-state index contributed by atoms with van der Waals surface area (Å²) < 4.78 is 51.5. The first-order valence-electron chi connectivity index (χ1n) is 7.01.